The lowest BCUT2D eigenvalue weighted by Gasteiger charge is -2.03. The van der Waals surface area contributed by atoms with Crippen molar-refractivity contribution in [3.05, 3.63) is 0 Å². The third-order valence-electron chi connectivity index (χ3n) is 1.46. The van der Waals surface area contributed by atoms with Crippen molar-refractivity contribution in [3.8, 4) is 0 Å². The smallest absolute Gasteiger partial charge is 0.211 e. The van der Waals surface area contributed by atoms with Gasteiger partial charge in [0.1, 0.15) is 0 Å². The Labute approximate surface area is 69.2 Å². The second kappa shape index (κ2) is 4.72. The molecule has 0 atom stereocenters. The van der Waals surface area contributed by atoms with Gasteiger partial charge in [-0.3, -0.25) is 0 Å². The summed E-state index contributed by atoms with van der Waals surface area (Å²) in [7, 11) is -1.77. The maximum absolute atomic E-state index is 10.8. The van der Waals surface area contributed by atoms with E-state index in [0.29, 0.717) is 5.92 Å². The molecule has 0 saturated heterocycles. The Balaban J connectivity index is 3.55. The Kier molecular flexibility index (Phi) is 4.68. The van der Waals surface area contributed by atoms with Gasteiger partial charge < -0.3 is 0 Å². The van der Waals surface area contributed by atoms with Crippen LogP contribution in [-0.4, -0.2) is 21.2 Å². The molecule has 11 heavy (non-hydrogen) atoms. The van der Waals surface area contributed by atoms with Gasteiger partial charge in [-0.05, 0) is 18.8 Å². The van der Waals surface area contributed by atoms with Crippen molar-refractivity contribution >= 4 is 10.0 Å². The number of hydrogen-bond acceptors (Lipinski definition) is 2. The van der Waals surface area contributed by atoms with Gasteiger partial charge in [0, 0.05) is 7.05 Å². The van der Waals surface area contributed by atoms with Crippen LogP contribution in [0.1, 0.15) is 26.7 Å². The summed E-state index contributed by atoms with van der Waals surface area (Å²) in [6.45, 7) is 4.16. The maximum Gasteiger partial charge on any atom is 0.227 e. The Morgan fingerprint density at radius 2 is 1.91 bits per heavy atom. The summed E-state index contributed by atoms with van der Waals surface area (Å²) in [4.78, 5) is 0. The highest BCUT2D eigenvalue weighted by molar-refractivity contribution is 7.89. The Morgan fingerprint density at radius 3 is 2.27 bits per heavy atom. The molecule has 0 aromatic rings. The van der Waals surface area contributed by atoms with Gasteiger partial charge in [-0.15, -0.1) is 4.72 Å². The van der Waals surface area contributed by atoms with E-state index in [0.717, 1.165) is 12.8 Å². The first-order valence-electron chi connectivity index (χ1n) is 3.81. The van der Waals surface area contributed by atoms with Crippen molar-refractivity contribution in [2.75, 3.05) is 12.8 Å². The average Bonchev–Trinajstić information content (AvgIpc) is 1.87. The zero-order valence-corrected chi connectivity index (χ0v) is 8.19. The third-order valence-corrected chi connectivity index (χ3v) is 2.82. The molecule has 0 N–H and O–H groups in total. The van der Waals surface area contributed by atoms with E-state index < -0.39 is 10.0 Å². The summed E-state index contributed by atoms with van der Waals surface area (Å²) in [6.07, 6.45) is 1.67. The molecule has 0 fully saturated rings. The van der Waals surface area contributed by atoms with Gasteiger partial charge in [0.15, 0.2) is 0 Å². The van der Waals surface area contributed by atoms with E-state index in [-0.39, 0.29) is 5.75 Å². The second-order valence-corrected chi connectivity index (χ2v) is 4.94. The normalized spacial score (nSPS) is 12.4. The number of sulfonamides is 1. The van der Waals surface area contributed by atoms with Crippen LogP contribution in [0.2, 0.25) is 0 Å². The molecule has 0 aromatic carbocycles. The standard InChI is InChI=1S/C7H16NO2S/c1-7(2)5-4-6-11(9,10)8-3/h7H,4-6H2,1-3H3. The molecule has 3 nitrogen and oxygen atoms in total. The van der Waals surface area contributed by atoms with Crippen molar-refractivity contribution < 1.29 is 8.42 Å². The third kappa shape index (κ3) is 6.31. The van der Waals surface area contributed by atoms with Crippen LogP contribution in [0.25, 0.3) is 0 Å². The highest BCUT2D eigenvalue weighted by Crippen LogP contribution is 2.04. The summed E-state index contributed by atoms with van der Waals surface area (Å²) < 4.78 is 24.9. The number of rotatable bonds is 5. The van der Waals surface area contributed by atoms with E-state index >= 15 is 0 Å². The van der Waals surface area contributed by atoms with Crippen molar-refractivity contribution in [1.29, 1.82) is 0 Å². The lowest BCUT2D eigenvalue weighted by atomic mass is 10.1. The highest BCUT2D eigenvalue weighted by Gasteiger charge is 2.07. The summed E-state index contributed by atoms with van der Waals surface area (Å²) in [5.41, 5.74) is 0. The van der Waals surface area contributed by atoms with Gasteiger partial charge in [-0.2, -0.15) is 0 Å². The Bertz CT molecular complexity index is 185. The molecule has 0 bridgehead atoms. The quantitative estimate of drug-likeness (QED) is 0.630. The SMILES string of the molecule is C[N]S(=O)(=O)CCCC(C)C. The van der Waals surface area contributed by atoms with E-state index in [4.69, 9.17) is 0 Å². The second-order valence-electron chi connectivity index (χ2n) is 3.00. The van der Waals surface area contributed by atoms with Crippen LogP contribution in [0.15, 0.2) is 0 Å². The van der Waals surface area contributed by atoms with E-state index in [1.165, 1.54) is 7.05 Å². The largest absolute Gasteiger partial charge is 0.227 e. The zero-order valence-electron chi connectivity index (χ0n) is 7.37. The van der Waals surface area contributed by atoms with Crippen molar-refractivity contribution in [2.24, 2.45) is 5.92 Å². The van der Waals surface area contributed by atoms with Crippen LogP contribution in [-0.2, 0) is 10.0 Å². The summed E-state index contributed by atoms with van der Waals surface area (Å²) in [6, 6.07) is 0. The number of nitrogens with zero attached hydrogens (tertiary/aromatic N) is 1. The molecule has 1 radical (unpaired) electrons. The molecular formula is C7H16NO2S. The Morgan fingerprint density at radius 1 is 1.36 bits per heavy atom. The van der Waals surface area contributed by atoms with Crippen LogP contribution in [0.3, 0.4) is 0 Å². The molecule has 4 heteroatoms. The minimum atomic E-state index is -3.09. The Hall–Kier alpha value is -0.0900. The molecule has 0 amide bonds. The van der Waals surface area contributed by atoms with Crippen LogP contribution in [0, 0.1) is 5.92 Å². The van der Waals surface area contributed by atoms with Gasteiger partial charge in [0.25, 0.3) is 0 Å². The summed E-state index contributed by atoms with van der Waals surface area (Å²) in [5.74, 6) is 0.767. The van der Waals surface area contributed by atoms with Crippen molar-refractivity contribution in [3.63, 3.8) is 0 Å². The highest BCUT2D eigenvalue weighted by atomic mass is 32.2. The van der Waals surface area contributed by atoms with Crippen LogP contribution in [0.5, 0.6) is 0 Å². The molecule has 0 unspecified atom stereocenters. The van der Waals surface area contributed by atoms with Crippen molar-refractivity contribution in [1.82, 2.24) is 4.72 Å². The van der Waals surface area contributed by atoms with E-state index in [1.807, 2.05) is 0 Å². The minimum absolute atomic E-state index is 0.196. The molecule has 0 aliphatic carbocycles. The molecule has 0 rings (SSSR count). The van der Waals surface area contributed by atoms with Crippen molar-refractivity contribution in [2.45, 2.75) is 26.7 Å². The molecule has 0 aliphatic heterocycles. The molecule has 0 aliphatic rings. The lowest BCUT2D eigenvalue weighted by Crippen LogP contribution is -2.15. The van der Waals surface area contributed by atoms with Gasteiger partial charge in [0.2, 0.25) is 10.0 Å². The fraction of sp³-hybridized carbons (Fsp3) is 1.00. The van der Waals surface area contributed by atoms with E-state index in [2.05, 4.69) is 18.6 Å². The van der Waals surface area contributed by atoms with Gasteiger partial charge in [-0.1, -0.05) is 13.8 Å². The van der Waals surface area contributed by atoms with E-state index in [1.54, 1.807) is 0 Å². The summed E-state index contributed by atoms with van der Waals surface area (Å²) >= 11 is 0. The van der Waals surface area contributed by atoms with E-state index in [9.17, 15) is 8.42 Å². The topological polar surface area (TPSA) is 48.2 Å². The average molecular weight is 178 g/mol. The summed E-state index contributed by atoms with van der Waals surface area (Å²) in [5, 5.41) is 0. The number of hydrogen-bond donors (Lipinski definition) is 0. The van der Waals surface area contributed by atoms with Crippen LogP contribution >= 0.6 is 0 Å². The fourth-order valence-electron chi connectivity index (χ4n) is 0.765. The molecule has 0 heterocycles. The predicted molar refractivity (Wildman–Crippen MR) is 45.9 cm³/mol. The molecule has 0 saturated carbocycles. The first kappa shape index (κ1) is 10.9. The fourth-order valence-corrected chi connectivity index (χ4v) is 1.48. The van der Waals surface area contributed by atoms with Gasteiger partial charge in [-0.25, -0.2) is 8.42 Å². The monoisotopic (exact) mass is 178 g/mol. The van der Waals surface area contributed by atoms with Gasteiger partial charge >= 0.3 is 0 Å². The maximum atomic E-state index is 10.8. The van der Waals surface area contributed by atoms with Gasteiger partial charge in [0.05, 0.1) is 5.75 Å². The van der Waals surface area contributed by atoms with Crippen LogP contribution < -0.4 is 4.72 Å². The molecule has 0 spiro atoms. The lowest BCUT2D eigenvalue weighted by molar-refractivity contribution is 0.555. The zero-order chi connectivity index (χ0) is 8.91. The predicted octanol–water partition coefficient (Wildman–Crippen LogP) is 0.987. The van der Waals surface area contributed by atoms with Crippen LogP contribution in [0.4, 0.5) is 0 Å². The first-order chi connectivity index (χ1) is 4.98. The molecule has 67 valence electrons. The first-order valence-corrected chi connectivity index (χ1v) is 5.42. The minimum Gasteiger partial charge on any atom is -0.211 e. The molecule has 0 aromatic heterocycles. The molecular weight excluding hydrogens is 162 g/mol.